The van der Waals surface area contributed by atoms with Gasteiger partial charge in [0.25, 0.3) is 5.91 Å². The first kappa shape index (κ1) is 18.8. The van der Waals surface area contributed by atoms with E-state index in [0.29, 0.717) is 11.3 Å². The zero-order valence-electron chi connectivity index (χ0n) is 16.3. The summed E-state index contributed by atoms with van der Waals surface area (Å²) in [6.45, 7) is 3.41. The number of nitrogens with zero attached hydrogens (tertiary/aromatic N) is 2. The van der Waals surface area contributed by atoms with Gasteiger partial charge in [0.15, 0.2) is 6.61 Å². The zero-order chi connectivity index (χ0) is 19.7. The number of amides is 2. The summed E-state index contributed by atoms with van der Waals surface area (Å²) in [6.07, 6.45) is 5.91. The third-order valence-electron chi connectivity index (χ3n) is 6.10. The second kappa shape index (κ2) is 7.81. The van der Waals surface area contributed by atoms with Gasteiger partial charge in [-0.3, -0.25) is 9.59 Å². The molecule has 3 aliphatic heterocycles. The summed E-state index contributed by atoms with van der Waals surface area (Å²) in [6, 6.07) is 5.33. The normalized spacial score (nSPS) is 23.7. The van der Waals surface area contributed by atoms with Crippen LogP contribution in [0.15, 0.2) is 18.2 Å². The number of anilines is 2. The second-order valence-corrected chi connectivity index (χ2v) is 7.79. The summed E-state index contributed by atoms with van der Waals surface area (Å²) in [5, 5.41) is 2.89. The van der Waals surface area contributed by atoms with Gasteiger partial charge in [0.2, 0.25) is 5.91 Å². The van der Waals surface area contributed by atoms with E-state index in [9.17, 15) is 14.4 Å². The lowest BCUT2D eigenvalue weighted by atomic mass is 10.00. The summed E-state index contributed by atoms with van der Waals surface area (Å²) >= 11 is 0. The summed E-state index contributed by atoms with van der Waals surface area (Å²) in [5.41, 5.74) is 1.91. The van der Waals surface area contributed by atoms with E-state index in [-0.39, 0.29) is 30.5 Å². The Labute approximate surface area is 165 Å². The molecule has 4 rings (SSSR count). The molecule has 0 unspecified atom stereocenters. The van der Waals surface area contributed by atoms with Crippen molar-refractivity contribution < 1.29 is 19.1 Å². The maximum atomic E-state index is 12.5. The van der Waals surface area contributed by atoms with Crippen molar-refractivity contribution in [2.24, 2.45) is 0 Å². The van der Waals surface area contributed by atoms with Crippen LogP contribution in [-0.4, -0.2) is 54.5 Å². The number of fused-ring (bicyclic) bond motifs is 3. The van der Waals surface area contributed by atoms with E-state index in [4.69, 9.17) is 4.74 Å². The first-order chi connectivity index (χ1) is 13.6. The monoisotopic (exact) mass is 385 g/mol. The molecule has 1 aromatic rings. The molecule has 0 saturated carbocycles. The van der Waals surface area contributed by atoms with Gasteiger partial charge in [0.1, 0.15) is 6.04 Å². The predicted octanol–water partition coefficient (Wildman–Crippen LogP) is 2.56. The summed E-state index contributed by atoms with van der Waals surface area (Å²) in [7, 11) is 0. The van der Waals surface area contributed by atoms with Crippen LogP contribution >= 0.6 is 0 Å². The minimum absolute atomic E-state index is 0.0265. The van der Waals surface area contributed by atoms with Crippen LogP contribution in [-0.2, 0) is 14.3 Å². The molecular weight excluding hydrogens is 358 g/mol. The molecule has 3 aliphatic rings. The van der Waals surface area contributed by atoms with Gasteiger partial charge in [-0.2, -0.15) is 0 Å². The van der Waals surface area contributed by atoms with Gasteiger partial charge in [-0.15, -0.1) is 0 Å². The molecule has 150 valence electrons. The number of esters is 1. The number of piperidine rings is 1. The van der Waals surface area contributed by atoms with Gasteiger partial charge in [0.05, 0.1) is 16.9 Å². The van der Waals surface area contributed by atoms with Crippen molar-refractivity contribution in [1.29, 1.82) is 0 Å². The molecule has 2 fully saturated rings. The van der Waals surface area contributed by atoms with Crippen LogP contribution in [0.3, 0.4) is 0 Å². The quantitative estimate of drug-likeness (QED) is 0.806. The molecule has 1 N–H and O–H groups in total. The lowest BCUT2D eigenvalue weighted by Gasteiger charge is -2.35. The third-order valence-corrected chi connectivity index (χ3v) is 6.10. The lowest BCUT2D eigenvalue weighted by molar-refractivity contribution is -0.138. The standard InChI is InChI=1S/C21H27N3O4/c1-2-15-6-3-4-10-23(15)19(25)13-28-21(27)14-8-9-17-16(12-14)22-20(26)18-7-5-11-24(17)18/h8-9,12,15,18H,2-7,10-11,13H2,1H3,(H,22,26)/t15-,18+/m1/s1. The van der Waals surface area contributed by atoms with Crippen LogP contribution in [0.4, 0.5) is 11.4 Å². The number of ether oxygens (including phenoxy) is 1. The Hall–Kier alpha value is -2.57. The van der Waals surface area contributed by atoms with Crippen molar-refractivity contribution in [2.45, 2.75) is 57.5 Å². The third kappa shape index (κ3) is 3.45. The maximum Gasteiger partial charge on any atom is 0.338 e. The molecule has 7 heteroatoms. The number of benzene rings is 1. The fraction of sp³-hybridized carbons (Fsp3) is 0.571. The van der Waals surface area contributed by atoms with Crippen LogP contribution < -0.4 is 10.2 Å². The number of nitrogens with one attached hydrogen (secondary N) is 1. The number of rotatable bonds is 4. The Morgan fingerprint density at radius 3 is 2.86 bits per heavy atom. The van der Waals surface area contributed by atoms with Gasteiger partial charge in [-0.25, -0.2) is 4.79 Å². The Bertz CT molecular complexity index is 794. The van der Waals surface area contributed by atoms with E-state index in [1.54, 1.807) is 12.1 Å². The van der Waals surface area contributed by atoms with E-state index in [1.165, 1.54) is 0 Å². The first-order valence-corrected chi connectivity index (χ1v) is 10.3. The van der Waals surface area contributed by atoms with Gasteiger partial charge >= 0.3 is 5.97 Å². The molecule has 7 nitrogen and oxygen atoms in total. The topological polar surface area (TPSA) is 79.0 Å². The minimum atomic E-state index is -0.543. The van der Waals surface area contributed by atoms with Crippen molar-refractivity contribution in [3.8, 4) is 0 Å². The summed E-state index contributed by atoms with van der Waals surface area (Å²) < 4.78 is 5.28. The highest BCUT2D eigenvalue weighted by molar-refractivity contribution is 6.05. The number of hydrogen-bond donors (Lipinski definition) is 1. The second-order valence-electron chi connectivity index (χ2n) is 7.79. The Balaban J connectivity index is 1.41. The van der Waals surface area contributed by atoms with Crippen LogP contribution in [0.1, 0.15) is 55.8 Å². The van der Waals surface area contributed by atoms with Crippen molar-refractivity contribution in [2.75, 3.05) is 29.9 Å². The van der Waals surface area contributed by atoms with E-state index >= 15 is 0 Å². The summed E-state index contributed by atoms with van der Waals surface area (Å²) in [5.74, 6) is -0.702. The highest BCUT2D eigenvalue weighted by atomic mass is 16.5. The molecule has 28 heavy (non-hydrogen) atoms. The zero-order valence-corrected chi connectivity index (χ0v) is 16.3. The molecule has 2 amide bonds. The van der Waals surface area contributed by atoms with Crippen LogP contribution in [0, 0.1) is 0 Å². The van der Waals surface area contributed by atoms with Crippen LogP contribution in [0.2, 0.25) is 0 Å². The molecule has 0 radical (unpaired) electrons. The van der Waals surface area contributed by atoms with Crippen molar-refractivity contribution in [3.05, 3.63) is 23.8 Å². The largest absolute Gasteiger partial charge is 0.452 e. The van der Waals surface area contributed by atoms with E-state index in [2.05, 4.69) is 17.1 Å². The molecule has 2 atom stereocenters. The lowest BCUT2D eigenvalue weighted by Crippen LogP contribution is -2.45. The fourth-order valence-corrected chi connectivity index (χ4v) is 4.60. The Morgan fingerprint density at radius 1 is 1.18 bits per heavy atom. The average molecular weight is 385 g/mol. The van der Waals surface area contributed by atoms with Gasteiger partial charge < -0.3 is 19.9 Å². The fourth-order valence-electron chi connectivity index (χ4n) is 4.60. The first-order valence-electron chi connectivity index (χ1n) is 10.3. The number of carbonyl (C=O) groups excluding carboxylic acids is 3. The molecule has 0 aromatic heterocycles. The van der Waals surface area contributed by atoms with Crippen LogP contribution in [0.5, 0.6) is 0 Å². The molecule has 0 bridgehead atoms. The molecule has 1 aromatic carbocycles. The van der Waals surface area contributed by atoms with Crippen molar-refractivity contribution in [3.63, 3.8) is 0 Å². The molecular formula is C21H27N3O4. The number of carbonyl (C=O) groups is 3. The smallest absolute Gasteiger partial charge is 0.338 e. The van der Waals surface area contributed by atoms with E-state index < -0.39 is 5.97 Å². The van der Waals surface area contributed by atoms with Crippen LogP contribution in [0.25, 0.3) is 0 Å². The molecule has 3 heterocycles. The highest BCUT2D eigenvalue weighted by Gasteiger charge is 2.36. The van der Waals surface area contributed by atoms with Crippen molar-refractivity contribution in [1.82, 2.24) is 4.90 Å². The number of hydrogen-bond acceptors (Lipinski definition) is 5. The SMILES string of the molecule is CC[C@@H]1CCCCN1C(=O)COC(=O)c1ccc2c(c1)NC(=O)[C@@H]1CCCN21. The van der Waals surface area contributed by atoms with E-state index in [0.717, 1.165) is 57.3 Å². The molecule has 2 saturated heterocycles. The Kier molecular flexibility index (Phi) is 5.24. The minimum Gasteiger partial charge on any atom is -0.452 e. The van der Waals surface area contributed by atoms with Gasteiger partial charge in [0, 0.05) is 19.1 Å². The Morgan fingerprint density at radius 2 is 2.04 bits per heavy atom. The van der Waals surface area contributed by atoms with E-state index in [1.807, 2.05) is 11.0 Å². The predicted molar refractivity (Wildman–Crippen MR) is 105 cm³/mol. The highest BCUT2D eigenvalue weighted by Crippen LogP contribution is 2.37. The molecule has 0 aliphatic carbocycles. The maximum absolute atomic E-state index is 12.5. The van der Waals surface area contributed by atoms with Crippen molar-refractivity contribution >= 4 is 29.2 Å². The molecule has 0 spiro atoms. The average Bonchev–Trinajstić information content (AvgIpc) is 3.22. The number of likely N-dealkylation sites (tertiary alicyclic amines) is 1. The van der Waals surface area contributed by atoms with Gasteiger partial charge in [-0.05, 0) is 56.7 Å². The summed E-state index contributed by atoms with van der Waals surface area (Å²) in [4.78, 5) is 41.1. The van der Waals surface area contributed by atoms with Gasteiger partial charge in [-0.1, -0.05) is 6.92 Å².